The number of nitrogens with one attached hydrogen (secondary N) is 1. The summed E-state index contributed by atoms with van der Waals surface area (Å²) >= 11 is 0. The monoisotopic (exact) mass is 373 g/mol. The Morgan fingerprint density at radius 1 is 1.26 bits per heavy atom. The number of nitrogens with zero attached hydrogens (tertiary/aromatic N) is 2. The maximum Gasteiger partial charge on any atom is 0.329 e. The molecule has 3 atom stereocenters. The van der Waals surface area contributed by atoms with Crippen molar-refractivity contribution in [3.05, 3.63) is 12.2 Å². The second-order valence-corrected chi connectivity index (χ2v) is 7.44. The minimum atomic E-state index is -1.08. The fraction of sp³-hybridized carbons (Fsp3) is 0.632. The van der Waals surface area contributed by atoms with Crippen LogP contribution in [0.1, 0.15) is 45.4 Å². The summed E-state index contributed by atoms with van der Waals surface area (Å²) in [7, 11) is 0. The molecular formula is C19H23N3O5. The SMILES string of the molecule is C[C@@H](C(=O)OCC(=O)NC1(C#N)CCCC1)N1C(=O)[C@H]2CC=CC[C@@H]2C1=O. The van der Waals surface area contributed by atoms with Crippen molar-refractivity contribution in [2.45, 2.75) is 57.0 Å². The number of esters is 1. The lowest BCUT2D eigenvalue weighted by atomic mass is 9.85. The zero-order valence-corrected chi connectivity index (χ0v) is 15.3. The summed E-state index contributed by atoms with van der Waals surface area (Å²) in [6.45, 7) is 0.881. The lowest BCUT2D eigenvalue weighted by Gasteiger charge is -2.23. The largest absolute Gasteiger partial charge is 0.454 e. The van der Waals surface area contributed by atoms with E-state index in [9.17, 15) is 24.4 Å². The number of fused-ring (bicyclic) bond motifs is 1. The van der Waals surface area contributed by atoms with Gasteiger partial charge in [-0.2, -0.15) is 5.26 Å². The number of likely N-dealkylation sites (tertiary alicyclic amines) is 1. The van der Waals surface area contributed by atoms with E-state index >= 15 is 0 Å². The minimum Gasteiger partial charge on any atom is -0.454 e. The predicted octanol–water partition coefficient (Wildman–Crippen LogP) is 0.822. The topological polar surface area (TPSA) is 117 Å². The maximum absolute atomic E-state index is 12.5. The first-order valence-corrected chi connectivity index (χ1v) is 9.29. The van der Waals surface area contributed by atoms with E-state index in [1.807, 2.05) is 12.2 Å². The van der Waals surface area contributed by atoms with Gasteiger partial charge in [0.2, 0.25) is 11.8 Å². The third-order valence-corrected chi connectivity index (χ3v) is 5.67. The molecule has 1 saturated heterocycles. The number of carbonyl (C=O) groups is 4. The molecule has 0 aromatic rings. The number of carbonyl (C=O) groups excluding carboxylic acids is 4. The normalized spacial score (nSPS) is 27.0. The van der Waals surface area contributed by atoms with Gasteiger partial charge < -0.3 is 10.1 Å². The molecule has 1 saturated carbocycles. The summed E-state index contributed by atoms with van der Waals surface area (Å²) in [4.78, 5) is 50.3. The molecule has 0 aromatic heterocycles. The van der Waals surface area contributed by atoms with Crippen LogP contribution in [0.15, 0.2) is 12.2 Å². The quantitative estimate of drug-likeness (QED) is 0.433. The Labute approximate surface area is 157 Å². The van der Waals surface area contributed by atoms with E-state index in [-0.39, 0.29) is 11.8 Å². The van der Waals surface area contributed by atoms with Gasteiger partial charge in [0.05, 0.1) is 17.9 Å². The first kappa shape index (κ1) is 19.1. The molecule has 0 spiro atoms. The summed E-state index contributed by atoms with van der Waals surface area (Å²) < 4.78 is 5.01. The standard InChI is InChI=1S/C19H23N3O5/c1-12(22-16(24)13-6-2-3-7-14(13)17(22)25)18(26)27-10-15(23)21-19(11-20)8-4-5-9-19/h2-3,12-14H,4-10H2,1H3,(H,21,23)/t12-,13-,14-/m0/s1. The Bertz CT molecular complexity index is 706. The van der Waals surface area contributed by atoms with Crippen molar-refractivity contribution in [3.63, 3.8) is 0 Å². The summed E-state index contributed by atoms with van der Waals surface area (Å²) in [5.74, 6) is -2.93. The van der Waals surface area contributed by atoms with Crippen LogP contribution in [-0.2, 0) is 23.9 Å². The first-order valence-electron chi connectivity index (χ1n) is 9.29. The van der Waals surface area contributed by atoms with Crippen LogP contribution in [0, 0.1) is 23.2 Å². The molecule has 3 aliphatic rings. The maximum atomic E-state index is 12.5. The van der Waals surface area contributed by atoms with Crippen molar-refractivity contribution in [1.82, 2.24) is 10.2 Å². The molecule has 27 heavy (non-hydrogen) atoms. The Balaban J connectivity index is 1.55. The fourth-order valence-electron chi connectivity index (χ4n) is 4.12. The molecule has 3 amide bonds. The van der Waals surface area contributed by atoms with Gasteiger partial charge >= 0.3 is 5.97 Å². The molecule has 8 nitrogen and oxygen atoms in total. The molecule has 144 valence electrons. The zero-order valence-electron chi connectivity index (χ0n) is 15.3. The second-order valence-electron chi connectivity index (χ2n) is 7.44. The molecule has 1 N–H and O–H groups in total. The molecular weight excluding hydrogens is 350 g/mol. The fourth-order valence-corrected chi connectivity index (χ4v) is 4.12. The number of hydrogen-bond acceptors (Lipinski definition) is 6. The van der Waals surface area contributed by atoms with Crippen LogP contribution in [0.3, 0.4) is 0 Å². The number of rotatable bonds is 5. The number of nitriles is 1. The lowest BCUT2D eigenvalue weighted by Crippen LogP contribution is -2.48. The Kier molecular flexibility index (Phi) is 5.31. The highest BCUT2D eigenvalue weighted by Crippen LogP contribution is 2.36. The Morgan fingerprint density at radius 3 is 2.33 bits per heavy atom. The van der Waals surface area contributed by atoms with Crippen LogP contribution in [-0.4, -0.2) is 46.8 Å². The number of amides is 3. The van der Waals surface area contributed by atoms with Gasteiger partial charge in [0.15, 0.2) is 6.61 Å². The van der Waals surface area contributed by atoms with E-state index in [2.05, 4.69) is 11.4 Å². The smallest absolute Gasteiger partial charge is 0.329 e. The average molecular weight is 373 g/mol. The number of allylic oxidation sites excluding steroid dienone is 2. The number of imide groups is 1. The van der Waals surface area contributed by atoms with E-state index < -0.39 is 41.9 Å². The zero-order chi connectivity index (χ0) is 19.6. The van der Waals surface area contributed by atoms with Gasteiger partial charge in [0, 0.05) is 0 Å². The first-order chi connectivity index (χ1) is 12.9. The average Bonchev–Trinajstić information content (AvgIpc) is 3.23. The van der Waals surface area contributed by atoms with Gasteiger partial charge in [0.1, 0.15) is 11.6 Å². The highest BCUT2D eigenvalue weighted by atomic mass is 16.5. The molecule has 1 heterocycles. The summed E-state index contributed by atoms with van der Waals surface area (Å²) in [6, 6.07) is 1.04. The minimum absolute atomic E-state index is 0.363. The Hall–Kier alpha value is -2.69. The van der Waals surface area contributed by atoms with Gasteiger partial charge in [0.25, 0.3) is 5.91 Å². The van der Waals surface area contributed by atoms with E-state index in [1.54, 1.807) is 0 Å². The van der Waals surface area contributed by atoms with Gasteiger partial charge in [-0.1, -0.05) is 12.2 Å². The molecule has 8 heteroatoms. The molecule has 0 unspecified atom stereocenters. The molecule has 1 aliphatic heterocycles. The lowest BCUT2D eigenvalue weighted by molar-refractivity contribution is -0.159. The van der Waals surface area contributed by atoms with Crippen LogP contribution >= 0.6 is 0 Å². The molecule has 2 fully saturated rings. The molecule has 0 radical (unpaired) electrons. The van der Waals surface area contributed by atoms with Crippen molar-refractivity contribution < 1.29 is 23.9 Å². The number of ether oxygens (including phenoxy) is 1. The Morgan fingerprint density at radius 2 is 1.81 bits per heavy atom. The predicted molar refractivity (Wildman–Crippen MR) is 92.6 cm³/mol. The molecule has 0 aromatic carbocycles. The van der Waals surface area contributed by atoms with E-state index in [0.717, 1.165) is 17.7 Å². The van der Waals surface area contributed by atoms with Crippen molar-refractivity contribution >= 4 is 23.7 Å². The van der Waals surface area contributed by atoms with Crippen molar-refractivity contribution in [2.24, 2.45) is 11.8 Å². The third kappa shape index (κ3) is 3.59. The van der Waals surface area contributed by atoms with Gasteiger partial charge in [-0.15, -0.1) is 0 Å². The van der Waals surface area contributed by atoms with Gasteiger partial charge in [-0.25, -0.2) is 4.79 Å². The highest BCUT2D eigenvalue weighted by Gasteiger charge is 2.50. The van der Waals surface area contributed by atoms with Crippen LogP contribution in [0.5, 0.6) is 0 Å². The van der Waals surface area contributed by atoms with E-state index in [0.29, 0.717) is 25.7 Å². The molecule has 3 rings (SSSR count). The second kappa shape index (κ2) is 7.51. The van der Waals surface area contributed by atoms with Crippen LogP contribution in [0.4, 0.5) is 0 Å². The van der Waals surface area contributed by atoms with E-state index in [1.165, 1.54) is 6.92 Å². The summed E-state index contributed by atoms with van der Waals surface area (Å²) in [5.41, 5.74) is -0.890. The highest BCUT2D eigenvalue weighted by molar-refractivity contribution is 6.08. The number of hydrogen-bond donors (Lipinski definition) is 1. The van der Waals surface area contributed by atoms with Gasteiger partial charge in [-0.05, 0) is 45.4 Å². The van der Waals surface area contributed by atoms with E-state index in [4.69, 9.17) is 4.74 Å². The molecule has 0 bridgehead atoms. The van der Waals surface area contributed by atoms with Crippen molar-refractivity contribution in [2.75, 3.05) is 6.61 Å². The van der Waals surface area contributed by atoms with Crippen LogP contribution < -0.4 is 5.32 Å². The third-order valence-electron chi connectivity index (χ3n) is 5.67. The van der Waals surface area contributed by atoms with Crippen LogP contribution in [0.25, 0.3) is 0 Å². The van der Waals surface area contributed by atoms with Crippen molar-refractivity contribution in [3.8, 4) is 6.07 Å². The molecule has 2 aliphatic carbocycles. The van der Waals surface area contributed by atoms with Crippen molar-refractivity contribution in [1.29, 1.82) is 5.26 Å². The van der Waals surface area contributed by atoms with Crippen LogP contribution in [0.2, 0.25) is 0 Å². The summed E-state index contributed by atoms with van der Waals surface area (Å²) in [6.07, 6.45) is 7.61. The summed E-state index contributed by atoms with van der Waals surface area (Å²) in [5, 5.41) is 11.9. The van der Waals surface area contributed by atoms with Gasteiger partial charge in [-0.3, -0.25) is 19.3 Å².